The Balaban J connectivity index is 1.50. The van der Waals surface area contributed by atoms with Gasteiger partial charge in [0.1, 0.15) is 8.07 Å². The average molecular weight is 533 g/mol. The Labute approximate surface area is 239 Å². The Hall–Kier alpha value is -4.02. The number of anilines is 6. The van der Waals surface area contributed by atoms with E-state index in [1.54, 1.807) is 0 Å². The standard InChI is InChI=1S/C36H33BN2Si/c1-36(2,3)24-21-22-26-31(23-24)38(25-13-7-6-8-14-25)29-17-12-18-30-34(29)37(26)27-15-11-20-33-35(27)39(30)28-16-9-10-19-32(28)40(33,4)5/h6-23H,1-5H3. The maximum absolute atomic E-state index is 2.59. The Morgan fingerprint density at radius 2 is 1.23 bits per heavy atom. The number of hydrogen-bond acceptors (Lipinski definition) is 2. The second-order valence-electron chi connectivity index (χ2n) is 13.1. The molecular weight excluding hydrogens is 499 g/mol. The first kappa shape index (κ1) is 23.8. The molecule has 0 saturated carbocycles. The molecule has 5 aromatic carbocycles. The van der Waals surface area contributed by atoms with E-state index in [1.807, 2.05) is 0 Å². The maximum atomic E-state index is 2.59. The van der Waals surface area contributed by atoms with E-state index in [9.17, 15) is 0 Å². The summed E-state index contributed by atoms with van der Waals surface area (Å²) in [5, 5.41) is 3.06. The highest BCUT2D eigenvalue weighted by atomic mass is 28.3. The van der Waals surface area contributed by atoms with Gasteiger partial charge in [0.25, 0.3) is 6.71 Å². The summed E-state index contributed by atoms with van der Waals surface area (Å²) >= 11 is 0. The predicted octanol–water partition coefficient (Wildman–Crippen LogP) is 6.20. The highest BCUT2D eigenvalue weighted by Crippen LogP contribution is 2.45. The van der Waals surface area contributed by atoms with Crippen molar-refractivity contribution in [2.45, 2.75) is 39.3 Å². The van der Waals surface area contributed by atoms with Crippen LogP contribution in [0.2, 0.25) is 13.1 Å². The summed E-state index contributed by atoms with van der Waals surface area (Å²) in [5.41, 5.74) is 13.5. The zero-order valence-corrected chi connectivity index (χ0v) is 24.9. The number of fused-ring (bicyclic) bond motifs is 6. The molecule has 5 aromatic rings. The van der Waals surface area contributed by atoms with Crippen LogP contribution in [0.4, 0.5) is 34.1 Å². The van der Waals surface area contributed by atoms with Crippen molar-refractivity contribution in [2.75, 3.05) is 9.80 Å². The molecule has 0 aromatic heterocycles. The zero-order valence-electron chi connectivity index (χ0n) is 23.9. The fourth-order valence-electron chi connectivity index (χ4n) is 7.40. The van der Waals surface area contributed by atoms with Crippen molar-refractivity contribution < 1.29 is 0 Å². The molecule has 0 aliphatic carbocycles. The van der Waals surface area contributed by atoms with Gasteiger partial charge in [-0.2, -0.15) is 0 Å². The lowest BCUT2D eigenvalue weighted by Crippen LogP contribution is -2.67. The first-order valence-electron chi connectivity index (χ1n) is 14.4. The van der Waals surface area contributed by atoms with E-state index < -0.39 is 8.07 Å². The Morgan fingerprint density at radius 3 is 2.00 bits per heavy atom. The van der Waals surface area contributed by atoms with E-state index in [1.165, 1.54) is 66.4 Å². The van der Waals surface area contributed by atoms with Gasteiger partial charge in [0.15, 0.2) is 0 Å². The molecule has 0 bridgehead atoms. The largest absolute Gasteiger partial charge is 0.312 e. The molecule has 194 valence electrons. The number of benzene rings is 5. The van der Waals surface area contributed by atoms with Gasteiger partial charge in [0.05, 0.1) is 0 Å². The summed E-state index contributed by atoms with van der Waals surface area (Å²) in [5.74, 6) is 0. The van der Waals surface area contributed by atoms with Crippen molar-refractivity contribution in [3.05, 3.63) is 115 Å². The first-order valence-corrected chi connectivity index (χ1v) is 17.4. The van der Waals surface area contributed by atoms with Crippen LogP contribution in [-0.4, -0.2) is 14.8 Å². The van der Waals surface area contributed by atoms with Crippen molar-refractivity contribution in [2.24, 2.45) is 0 Å². The van der Waals surface area contributed by atoms with Crippen molar-refractivity contribution in [1.29, 1.82) is 0 Å². The van der Waals surface area contributed by atoms with Gasteiger partial charge in [-0.1, -0.05) is 107 Å². The topological polar surface area (TPSA) is 6.48 Å². The van der Waals surface area contributed by atoms with Gasteiger partial charge >= 0.3 is 0 Å². The number of nitrogens with zero attached hydrogens (tertiary/aromatic N) is 2. The van der Waals surface area contributed by atoms with E-state index in [0.717, 1.165) is 0 Å². The third-order valence-corrected chi connectivity index (χ3v) is 12.9. The number of rotatable bonds is 1. The minimum absolute atomic E-state index is 0.0636. The summed E-state index contributed by atoms with van der Waals surface area (Å²) in [6.07, 6.45) is 0. The van der Waals surface area contributed by atoms with E-state index in [4.69, 9.17) is 0 Å². The molecule has 0 atom stereocenters. The molecule has 0 unspecified atom stereocenters. The molecule has 0 N–H and O–H groups in total. The van der Waals surface area contributed by atoms with Crippen LogP contribution in [0, 0.1) is 0 Å². The highest BCUT2D eigenvalue weighted by Gasteiger charge is 2.48. The Kier molecular flexibility index (Phi) is 4.78. The summed E-state index contributed by atoms with van der Waals surface area (Å²) in [6, 6.07) is 41.3. The van der Waals surface area contributed by atoms with Crippen molar-refractivity contribution in [3.8, 4) is 0 Å². The molecule has 3 heterocycles. The average Bonchev–Trinajstić information content (AvgIpc) is 2.96. The summed E-state index contributed by atoms with van der Waals surface area (Å²) in [6.45, 7) is 12.2. The lowest BCUT2D eigenvalue weighted by Gasteiger charge is -2.49. The SMILES string of the molecule is CC(C)(C)c1ccc2c(c1)N(c1ccccc1)c1cccc3c1B2c1cccc2c1N3c1ccccc1[Si]2(C)C. The quantitative estimate of drug-likeness (QED) is 0.232. The van der Waals surface area contributed by atoms with Gasteiger partial charge in [0, 0.05) is 34.1 Å². The Bertz CT molecular complexity index is 1840. The Morgan fingerprint density at radius 1 is 0.575 bits per heavy atom. The minimum atomic E-state index is -1.89. The summed E-state index contributed by atoms with van der Waals surface area (Å²) < 4.78 is 0. The molecular formula is C36H33BN2Si. The molecule has 0 spiro atoms. The molecule has 0 radical (unpaired) electrons. The fourth-order valence-corrected chi connectivity index (χ4v) is 10.4. The second-order valence-corrected chi connectivity index (χ2v) is 17.4. The molecule has 0 fully saturated rings. The molecule has 0 saturated heterocycles. The fraction of sp³-hybridized carbons (Fsp3) is 0.167. The predicted molar refractivity (Wildman–Crippen MR) is 176 cm³/mol. The highest BCUT2D eigenvalue weighted by molar-refractivity contribution is 7.05. The monoisotopic (exact) mass is 532 g/mol. The summed E-state index contributed by atoms with van der Waals surface area (Å²) in [4.78, 5) is 5.09. The van der Waals surface area contributed by atoms with Gasteiger partial charge in [-0.05, 0) is 74.1 Å². The van der Waals surface area contributed by atoms with E-state index in [0.29, 0.717) is 0 Å². The number of hydrogen-bond donors (Lipinski definition) is 0. The second kappa shape index (κ2) is 8.02. The molecule has 4 heteroatoms. The van der Waals surface area contributed by atoms with Crippen molar-refractivity contribution in [3.63, 3.8) is 0 Å². The number of para-hydroxylation sites is 3. The smallest absolute Gasteiger partial charge is 0.252 e. The first-order chi connectivity index (χ1) is 19.3. The van der Waals surface area contributed by atoms with Crippen molar-refractivity contribution >= 4 is 75.7 Å². The normalized spacial score (nSPS) is 15.7. The van der Waals surface area contributed by atoms with Gasteiger partial charge in [-0.3, -0.25) is 0 Å². The molecule has 3 aliphatic heterocycles. The van der Waals surface area contributed by atoms with Crippen molar-refractivity contribution in [1.82, 2.24) is 0 Å². The van der Waals surface area contributed by atoms with Gasteiger partial charge in [-0.25, -0.2) is 0 Å². The molecule has 2 nitrogen and oxygen atoms in total. The molecule has 8 rings (SSSR count). The van der Waals surface area contributed by atoms with Gasteiger partial charge < -0.3 is 9.80 Å². The lowest BCUT2D eigenvalue weighted by molar-refractivity contribution is 0.590. The van der Waals surface area contributed by atoms with Crippen LogP contribution in [0.15, 0.2) is 109 Å². The van der Waals surface area contributed by atoms with Crippen LogP contribution in [0.25, 0.3) is 0 Å². The minimum Gasteiger partial charge on any atom is -0.312 e. The molecule has 40 heavy (non-hydrogen) atoms. The van der Waals surface area contributed by atoms with Gasteiger partial charge in [0.2, 0.25) is 0 Å². The van der Waals surface area contributed by atoms with Crippen LogP contribution in [0.3, 0.4) is 0 Å². The maximum Gasteiger partial charge on any atom is 0.252 e. The third kappa shape index (κ3) is 3.06. The molecule has 3 aliphatic rings. The van der Waals surface area contributed by atoms with Crippen LogP contribution >= 0.6 is 0 Å². The lowest BCUT2D eigenvalue weighted by atomic mass is 9.33. The van der Waals surface area contributed by atoms with Crippen LogP contribution < -0.4 is 36.6 Å². The van der Waals surface area contributed by atoms with E-state index in [2.05, 4.69) is 153 Å². The zero-order chi connectivity index (χ0) is 27.4. The van der Waals surface area contributed by atoms with Crippen LogP contribution in [0.1, 0.15) is 26.3 Å². The van der Waals surface area contributed by atoms with E-state index >= 15 is 0 Å². The van der Waals surface area contributed by atoms with Crippen LogP contribution in [0.5, 0.6) is 0 Å². The van der Waals surface area contributed by atoms with Gasteiger partial charge in [-0.15, -0.1) is 0 Å². The van der Waals surface area contributed by atoms with Crippen LogP contribution in [-0.2, 0) is 5.41 Å². The summed E-state index contributed by atoms with van der Waals surface area (Å²) in [7, 11) is -1.89. The molecule has 0 amide bonds. The third-order valence-electron chi connectivity index (χ3n) is 9.39. The van der Waals surface area contributed by atoms with E-state index in [-0.39, 0.29) is 12.1 Å².